The minimum atomic E-state index is -1.22. The molecule has 0 aliphatic carbocycles. The number of imide groups is 1. The van der Waals surface area contributed by atoms with Crippen molar-refractivity contribution in [3.05, 3.63) is 35.4 Å². The molecule has 3 amide bonds. The maximum atomic E-state index is 12.4. The van der Waals surface area contributed by atoms with E-state index in [0.717, 1.165) is 4.90 Å². The fraction of sp³-hybridized carbons (Fsp3) is 0.400. The molecule has 2 rings (SSSR count). The number of benzene rings is 1. The van der Waals surface area contributed by atoms with Crippen LogP contribution in [0.15, 0.2) is 24.3 Å². The lowest BCUT2D eigenvalue weighted by molar-refractivity contribution is 0.0233. The maximum absolute atomic E-state index is 12.4. The van der Waals surface area contributed by atoms with E-state index in [4.69, 9.17) is 9.84 Å². The zero-order valence-corrected chi connectivity index (χ0v) is 12.4. The molecule has 7 nitrogen and oxygen atoms in total. The molecule has 1 aliphatic rings. The Morgan fingerprint density at radius 2 is 1.77 bits per heavy atom. The highest BCUT2D eigenvalue weighted by molar-refractivity contribution is 6.21. The van der Waals surface area contributed by atoms with Crippen molar-refractivity contribution in [3.63, 3.8) is 0 Å². The minimum absolute atomic E-state index is 0.0728. The van der Waals surface area contributed by atoms with Gasteiger partial charge < -0.3 is 15.2 Å². The molecule has 0 spiro atoms. The van der Waals surface area contributed by atoms with Crippen LogP contribution >= 0.6 is 0 Å². The van der Waals surface area contributed by atoms with Gasteiger partial charge in [-0.1, -0.05) is 12.1 Å². The number of nitrogens with zero attached hydrogens (tertiary/aromatic N) is 1. The molecule has 0 aromatic heterocycles. The normalized spacial score (nSPS) is 15.1. The fourth-order valence-corrected chi connectivity index (χ4v) is 2.27. The Morgan fingerprint density at radius 3 is 2.23 bits per heavy atom. The summed E-state index contributed by atoms with van der Waals surface area (Å²) in [6.45, 7) is 3.64. The first-order valence-electron chi connectivity index (χ1n) is 6.97. The molecule has 7 heteroatoms. The Bertz CT molecular complexity index is 564. The second kappa shape index (κ2) is 6.57. The molecule has 118 valence electrons. The smallest absolute Gasteiger partial charge is 0.404 e. The van der Waals surface area contributed by atoms with E-state index in [9.17, 15) is 14.4 Å². The zero-order chi connectivity index (χ0) is 16.3. The van der Waals surface area contributed by atoms with E-state index >= 15 is 0 Å². The lowest BCUT2D eigenvalue weighted by atomic mass is 10.1. The first kappa shape index (κ1) is 16.0. The highest BCUT2D eigenvalue weighted by Crippen LogP contribution is 2.24. The number of hydrogen-bond acceptors (Lipinski definition) is 4. The van der Waals surface area contributed by atoms with Crippen LogP contribution in [0.4, 0.5) is 4.79 Å². The lowest BCUT2D eigenvalue weighted by Crippen LogP contribution is -2.49. The number of amides is 3. The Kier molecular flexibility index (Phi) is 4.77. The van der Waals surface area contributed by atoms with Crippen molar-refractivity contribution in [1.82, 2.24) is 10.2 Å². The van der Waals surface area contributed by atoms with Crippen LogP contribution in [0.3, 0.4) is 0 Å². The van der Waals surface area contributed by atoms with E-state index in [2.05, 4.69) is 5.32 Å². The average molecular weight is 306 g/mol. The molecule has 0 fully saturated rings. The summed E-state index contributed by atoms with van der Waals surface area (Å²) in [5.41, 5.74) is 0.662. The average Bonchev–Trinajstić information content (AvgIpc) is 2.72. The van der Waals surface area contributed by atoms with Gasteiger partial charge in [0, 0.05) is 6.54 Å². The Balaban J connectivity index is 2.22. The van der Waals surface area contributed by atoms with Crippen molar-refractivity contribution in [2.75, 3.05) is 13.2 Å². The van der Waals surface area contributed by atoms with Crippen molar-refractivity contribution in [2.24, 2.45) is 0 Å². The summed E-state index contributed by atoms with van der Waals surface area (Å²) in [7, 11) is 0. The van der Waals surface area contributed by atoms with E-state index in [1.54, 1.807) is 24.3 Å². The summed E-state index contributed by atoms with van der Waals surface area (Å²) < 4.78 is 5.47. The second-order valence-corrected chi connectivity index (χ2v) is 5.25. The van der Waals surface area contributed by atoms with Gasteiger partial charge in [0.2, 0.25) is 0 Å². The van der Waals surface area contributed by atoms with Gasteiger partial charge in [0.15, 0.2) is 0 Å². The molecular weight excluding hydrogens is 288 g/mol. The van der Waals surface area contributed by atoms with E-state index in [0.29, 0.717) is 11.1 Å². The molecule has 2 N–H and O–H groups in total. The number of ether oxygens (including phenoxy) is 1. The third-order valence-electron chi connectivity index (χ3n) is 3.30. The summed E-state index contributed by atoms with van der Waals surface area (Å²) >= 11 is 0. The van der Waals surface area contributed by atoms with E-state index < -0.39 is 23.9 Å². The predicted molar refractivity (Wildman–Crippen MR) is 77.8 cm³/mol. The van der Waals surface area contributed by atoms with Crippen LogP contribution in [0.1, 0.15) is 34.6 Å². The molecule has 0 bridgehead atoms. The lowest BCUT2D eigenvalue weighted by Gasteiger charge is -2.26. The van der Waals surface area contributed by atoms with Crippen LogP contribution in [-0.2, 0) is 4.74 Å². The first-order chi connectivity index (χ1) is 10.4. The molecule has 0 radical (unpaired) electrons. The van der Waals surface area contributed by atoms with Gasteiger partial charge in [0.05, 0.1) is 29.9 Å². The van der Waals surface area contributed by atoms with Crippen molar-refractivity contribution < 1.29 is 24.2 Å². The molecule has 0 saturated heterocycles. The number of carbonyl (C=O) groups is 3. The number of carboxylic acid groups (broad SMARTS) is 1. The number of rotatable bonds is 6. The zero-order valence-electron chi connectivity index (χ0n) is 12.4. The van der Waals surface area contributed by atoms with Gasteiger partial charge in [-0.25, -0.2) is 4.79 Å². The SMILES string of the molecule is CC(C)OCC(CNC(=O)O)N1C(=O)c2ccccc2C1=O. The summed E-state index contributed by atoms with van der Waals surface area (Å²) in [6.07, 6.45) is -1.31. The van der Waals surface area contributed by atoms with Gasteiger partial charge in [0.25, 0.3) is 11.8 Å². The van der Waals surface area contributed by atoms with Crippen LogP contribution in [0.2, 0.25) is 0 Å². The van der Waals surface area contributed by atoms with E-state index in [1.807, 2.05) is 13.8 Å². The number of nitrogens with one attached hydrogen (secondary N) is 1. The maximum Gasteiger partial charge on any atom is 0.404 e. The van der Waals surface area contributed by atoms with Crippen LogP contribution < -0.4 is 5.32 Å². The van der Waals surface area contributed by atoms with Crippen LogP contribution in [0, 0.1) is 0 Å². The molecule has 1 aromatic carbocycles. The standard InChI is InChI=1S/C15H18N2O5/c1-9(2)22-8-10(7-16-15(20)21)17-13(18)11-5-3-4-6-12(11)14(17)19/h3-6,9-10,16H,7-8H2,1-2H3,(H,20,21). The first-order valence-corrected chi connectivity index (χ1v) is 6.97. The topological polar surface area (TPSA) is 95.9 Å². The fourth-order valence-electron chi connectivity index (χ4n) is 2.27. The largest absolute Gasteiger partial charge is 0.465 e. The highest BCUT2D eigenvalue weighted by atomic mass is 16.5. The molecule has 1 atom stereocenters. The molecule has 1 unspecified atom stereocenters. The molecule has 0 saturated carbocycles. The molecule has 1 heterocycles. The summed E-state index contributed by atoms with van der Waals surface area (Å²) in [6, 6.07) is 5.85. The highest BCUT2D eigenvalue weighted by Gasteiger charge is 2.39. The van der Waals surface area contributed by atoms with Crippen LogP contribution in [-0.4, -0.2) is 53.2 Å². The van der Waals surface area contributed by atoms with Gasteiger partial charge in [-0.05, 0) is 26.0 Å². The van der Waals surface area contributed by atoms with Gasteiger partial charge >= 0.3 is 6.09 Å². The second-order valence-electron chi connectivity index (χ2n) is 5.25. The van der Waals surface area contributed by atoms with Crippen LogP contribution in [0.25, 0.3) is 0 Å². The summed E-state index contributed by atoms with van der Waals surface area (Å²) in [4.78, 5) is 36.6. The summed E-state index contributed by atoms with van der Waals surface area (Å²) in [5.74, 6) is -0.852. The van der Waals surface area contributed by atoms with Gasteiger partial charge in [-0.3, -0.25) is 14.5 Å². The number of hydrogen-bond donors (Lipinski definition) is 2. The van der Waals surface area contributed by atoms with Crippen molar-refractivity contribution >= 4 is 17.9 Å². The number of carbonyl (C=O) groups excluding carboxylic acids is 2. The van der Waals surface area contributed by atoms with Gasteiger partial charge in [-0.2, -0.15) is 0 Å². The number of fused-ring (bicyclic) bond motifs is 1. The summed E-state index contributed by atoms with van der Waals surface area (Å²) in [5, 5.41) is 11.0. The Hall–Kier alpha value is -2.41. The van der Waals surface area contributed by atoms with Crippen molar-refractivity contribution in [2.45, 2.75) is 26.0 Å². The third kappa shape index (κ3) is 3.25. The van der Waals surface area contributed by atoms with E-state index in [1.165, 1.54) is 0 Å². The van der Waals surface area contributed by atoms with Gasteiger partial charge in [0.1, 0.15) is 0 Å². The molecular formula is C15H18N2O5. The molecule has 1 aliphatic heterocycles. The molecule has 22 heavy (non-hydrogen) atoms. The molecule has 1 aromatic rings. The monoisotopic (exact) mass is 306 g/mol. The Labute approximate surface area is 127 Å². The van der Waals surface area contributed by atoms with E-state index in [-0.39, 0.29) is 19.3 Å². The van der Waals surface area contributed by atoms with Crippen molar-refractivity contribution in [1.29, 1.82) is 0 Å². The van der Waals surface area contributed by atoms with Gasteiger partial charge in [-0.15, -0.1) is 0 Å². The predicted octanol–water partition coefficient (Wildman–Crippen LogP) is 1.34. The quantitative estimate of drug-likeness (QED) is 0.773. The van der Waals surface area contributed by atoms with Crippen LogP contribution in [0.5, 0.6) is 0 Å². The Morgan fingerprint density at radius 1 is 1.23 bits per heavy atom. The third-order valence-corrected chi connectivity index (χ3v) is 3.30. The van der Waals surface area contributed by atoms with Crippen molar-refractivity contribution in [3.8, 4) is 0 Å². The minimum Gasteiger partial charge on any atom is -0.465 e.